The second-order valence-electron chi connectivity index (χ2n) is 5.07. The molecule has 1 aromatic heterocycles. The molecule has 0 atom stereocenters. The van der Waals surface area contributed by atoms with Crippen LogP contribution in [0, 0.1) is 0 Å². The molecule has 0 aliphatic carbocycles. The highest BCUT2D eigenvalue weighted by Gasteiger charge is 2.23. The summed E-state index contributed by atoms with van der Waals surface area (Å²) in [5.41, 5.74) is 2.60. The van der Waals surface area contributed by atoms with Crippen LogP contribution in [0.1, 0.15) is 12.0 Å². The van der Waals surface area contributed by atoms with E-state index in [1.165, 1.54) is 0 Å². The summed E-state index contributed by atoms with van der Waals surface area (Å²) in [5, 5.41) is 2.86. The number of nitrogens with zero attached hydrogens (tertiary/aromatic N) is 3. The van der Waals surface area contributed by atoms with Crippen molar-refractivity contribution in [1.82, 2.24) is 9.55 Å². The molecule has 3 rings (SSSR count). The monoisotopic (exact) mass is 284 g/mol. The first-order valence-corrected chi connectivity index (χ1v) is 6.78. The SMILES string of the molecule is CN1C(=O)Cc2cc(NC(=O)CCn3ccnc3)ccc21. The molecule has 0 radical (unpaired) electrons. The molecule has 2 amide bonds. The van der Waals surface area contributed by atoms with Crippen LogP contribution in [0.3, 0.4) is 0 Å². The second kappa shape index (κ2) is 5.40. The number of hydrogen-bond acceptors (Lipinski definition) is 3. The summed E-state index contributed by atoms with van der Waals surface area (Å²) < 4.78 is 1.86. The van der Waals surface area contributed by atoms with E-state index in [-0.39, 0.29) is 11.8 Å². The normalized spacial score (nSPS) is 13.4. The fraction of sp³-hybridized carbons (Fsp3) is 0.267. The predicted molar refractivity (Wildman–Crippen MR) is 79.0 cm³/mol. The Morgan fingerprint density at radius 1 is 1.43 bits per heavy atom. The summed E-state index contributed by atoms with van der Waals surface area (Å²) >= 11 is 0. The van der Waals surface area contributed by atoms with Gasteiger partial charge in [-0.2, -0.15) is 0 Å². The van der Waals surface area contributed by atoms with Crippen LogP contribution in [-0.4, -0.2) is 28.4 Å². The van der Waals surface area contributed by atoms with Crippen molar-refractivity contribution in [1.29, 1.82) is 0 Å². The molecule has 108 valence electrons. The van der Waals surface area contributed by atoms with E-state index in [0.717, 1.165) is 16.9 Å². The van der Waals surface area contributed by atoms with Gasteiger partial charge in [-0.1, -0.05) is 0 Å². The molecule has 0 spiro atoms. The lowest BCUT2D eigenvalue weighted by molar-refractivity contribution is -0.117. The maximum atomic E-state index is 11.9. The molecule has 2 aromatic rings. The van der Waals surface area contributed by atoms with Crippen molar-refractivity contribution >= 4 is 23.2 Å². The Morgan fingerprint density at radius 3 is 3.05 bits per heavy atom. The van der Waals surface area contributed by atoms with E-state index in [2.05, 4.69) is 10.3 Å². The fourth-order valence-corrected chi connectivity index (χ4v) is 2.42. The van der Waals surface area contributed by atoms with E-state index in [0.29, 0.717) is 19.4 Å². The van der Waals surface area contributed by atoms with E-state index in [9.17, 15) is 9.59 Å². The van der Waals surface area contributed by atoms with Crippen molar-refractivity contribution in [3.05, 3.63) is 42.5 Å². The molecule has 21 heavy (non-hydrogen) atoms. The largest absolute Gasteiger partial charge is 0.337 e. The van der Waals surface area contributed by atoms with Crippen LogP contribution in [0.25, 0.3) is 0 Å². The lowest BCUT2D eigenvalue weighted by Gasteiger charge is -2.11. The molecule has 6 nitrogen and oxygen atoms in total. The topological polar surface area (TPSA) is 67.2 Å². The van der Waals surface area contributed by atoms with Crippen LogP contribution in [-0.2, 0) is 22.6 Å². The number of aromatic nitrogens is 2. The summed E-state index contributed by atoms with van der Waals surface area (Å²) in [6, 6.07) is 5.56. The minimum atomic E-state index is -0.0543. The number of nitrogens with one attached hydrogen (secondary N) is 1. The maximum absolute atomic E-state index is 11.9. The minimum Gasteiger partial charge on any atom is -0.337 e. The quantitative estimate of drug-likeness (QED) is 0.923. The summed E-state index contributed by atoms with van der Waals surface area (Å²) in [6.45, 7) is 0.595. The van der Waals surface area contributed by atoms with Crippen molar-refractivity contribution in [2.45, 2.75) is 19.4 Å². The van der Waals surface area contributed by atoms with Crippen molar-refractivity contribution in [3.8, 4) is 0 Å². The van der Waals surface area contributed by atoms with E-state index >= 15 is 0 Å². The van der Waals surface area contributed by atoms with Crippen LogP contribution < -0.4 is 10.2 Å². The van der Waals surface area contributed by atoms with Crippen LogP contribution in [0.4, 0.5) is 11.4 Å². The number of amides is 2. The van der Waals surface area contributed by atoms with Gasteiger partial charge in [-0.15, -0.1) is 0 Å². The van der Waals surface area contributed by atoms with Gasteiger partial charge in [-0.05, 0) is 23.8 Å². The van der Waals surface area contributed by atoms with Gasteiger partial charge in [-0.3, -0.25) is 9.59 Å². The first kappa shape index (κ1) is 13.4. The predicted octanol–water partition coefficient (Wildman–Crippen LogP) is 1.43. The van der Waals surface area contributed by atoms with Gasteiger partial charge in [-0.25, -0.2) is 4.98 Å². The third-order valence-corrected chi connectivity index (χ3v) is 3.60. The number of imidazole rings is 1. The number of likely N-dealkylation sites (N-methyl/N-ethyl adjacent to an activating group) is 1. The molecular formula is C15H16N4O2. The summed E-state index contributed by atoms with van der Waals surface area (Å²) in [6.07, 6.45) is 5.97. The molecular weight excluding hydrogens is 268 g/mol. The van der Waals surface area contributed by atoms with Gasteiger partial charge < -0.3 is 14.8 Å². The van der Waals surface area contributed by atoms with Crippen molar-refractivity contribution in [3.63, 3.8) is 0 Å². The Morgan fingerprint density at radius 2 is 2.29 bits per heavy atom. The molecule has 0 unspecified atom stereocenters. The molecule has 0 bridgehead atoms. The lowest BCUT2D eigenvalue weighted by Crippen LogP contribution is -2.20. The van der Waals surface area contributed by atoms with Gasteiger partial charge >= 0.3 is 0 Å². The third kappa shape index (κ3) is 2.79. The number of carbonyl (C=O) groups excluding carboxylic acids is 2. The number of anilines is 2. The second-order valence-corrected chi connectivity index (χ2v) is 5.07. The van der Waals surface area contributed by atoms with Crippen LogP contribution in [0.15, 0.2) is 36.9 Å². The lowest BCUT2D eigenvalue weighted by atomic mass is 10.1. The van der Waals surface area contributed by atoms with Crippen molar-refractivity contribution in [2.24, 2.45) is 0 Å². The van der Waals surface area contributed by atoms with Crippen LogP contribution in [0.2, 0.25) is 0 Å². The molecule has 0 saturated heterocycles. The summed E-state index contributed by atoms with van der Waals surface area (Å²) in [7, 11) is 1.76. The van der Waals surface area contributed by atoms with Crippen LogP contribution in [0.5, 0.6) is 0 Å². The maximum Gasteiger partial charge on any atom is 0.231 e. The first-order chi connectivity index (χ1) is 10.1. The van der Waals surface area contributed by atoms with E-state index in [1.807, 2.05) is 29.0 Å². The highest BCUT2D eigenvalue weighted by molar-refractivity contribution is 6.02. The smallest absolute Gasteiger partial charge is 0.231 e. The summed E-state index contributed by atoms with van der Waals surface area (Å²) in [5.74, 6) is 0.0231. The van der Waals surface area contributed by atoms with E-state index in [4.69, 9.17) is 0 Å². The molecule has 6 heteroatoms. The van der Waals surface area contributed by atoms with E-state index in [1.54, 1.807) is 24.5 Å². The molecule has 2 heterocycles. The van der Waals surface area contributed by atoms with Gasteiger partial charge in [0.2, 0.25) is 11.8 Å². The zero-order valence-electron chi connectivity index (χ0n) is 11.7. The highest BCUT2D eigenvalue weighted by atomic mass is 16.2. The average molecular weight is 284 g/mol. The van der Waals surface area contributed by atoms with Crippen LogP contribution >= 0.6 is 0 Å². The van der Waals surface area contributed by atoms with E-state index < -0.39 is 0 Å². The number of rotatable bonds is 4. The Kier molecular flexibility index (Phi) is 3.43. The number of carbonyl (C=O) groups is 2. The number of fused-ring (bicyclic) bond motifs is 1. The molecule has 1 aromatic carbocycles. The number of aryl methyl sites for hydroxylation is 1. The molecule has 1 N–H and O–H groups in total. The van der Waals surface area contributed by atoms with Gasteiger partial charge in [0, 0.05) is 43.8 Å². The Balaban J connectivity index is 1.62. The van der Waals surface area contributed by atoms with Crippen molar-refractivity contribution in [2.75, 3.05) is 17.3 Å². The Bertz CT molecular complexity index is 679. The fourth-order valence-electron chi connectivity index (χ4n) is 2.42. The third-order valence-electron chi connectivity index (χ3n) is 3.60. The minimum absolute atomic E-state index is 0.0543. The molecule has 0 fully saturated rings. The zero-order chi connectivity index (χ0) is 14.8. The van der Waals surface area contributed by atoms with Gasteiger partial charge in [0.15, 0.2) is 0 Å². The van der Waals surface area contributed by atoms with Crippen molar-refractivity contribution < 1.29 is 9.59 Å². The molecule has 1 aliphatic heterocycles. The van der Waals surface area contributed by atoms with Gasteiger partial charge in [0.25, 0.3) is 0 Å². The molecule has 1 aliphatic rings. The standard InChI is InChI=1S/C15H16N4O2/c1-18-13-3-2-12(8-11(13)9-15(18)21)17-14(20)4-6-19-7-5-16-10-19/h2-3,5,7-8,10H,4,6,9H2,1H3,(H,17,20). The average Bonchev–Trinajstić information content (AvgIpc) is 3.06. The Hall–Kier alpha value is -2.63. The van der Waals surface area contributed by atoms with Gasteiger partial charge in [0.1, 0.15) is 0 Å². The zero-order valence-corrected chi connectivity index (χ0v) is 11.7. The van der Waals surface area contributed by atoms with Gasteiger partial charge in [0.05, 0.1) is 12.7 Å². The molecule has 0 saturated carbocycles. The summed E-state index contributed by atoms with van der Waals surface area (Å²) in [4.78, 5) is 29.1. The first-order valence-electron chi connectivity index (χ1n) is 6.78. The number of benzene rings is 1. The number of hydrogen-bond donors (Lipinski definition) is 1. The highest BCUT2D eigenvalue weighted by Crippen LogP contribution is 2.29. The Labute approximate surface area is 122 Å².